The van der Waals surface area contributed by atoms with E-state index in [-0.39, 0.29) is 11.6 Å². The fourth-order valence-electron chi connectivity index (χ4n) is 2.67. The van der Waals surface area contributed by atoms with Gasteiger partial charge in [0.05, 0.1) is 4.92 Å². The Hall–Kier alpha value is -2.89. The lowest BCUT2D eigenvalue weighted by molar-refractivity contribution is -0.384. The van der Waals surface area contributed by atoms with E-state index in [4.69, 9.17) is 0 Å². The normalized spacial score (nSPS) is 13.8. The molecule has 0 bridgehead atoms. The van der Waals surface area contributed by atoms with Crippen molar-refractivity contribution in [2.45, 2.75) is 12.8 Å². The van der Waals surface area contributed by atoms with E-state index in [9.17, 15) is 14.9 Å². The van der Waals surface area contributed by atoms with Gasteiger partial charge in [0.1, 0.15) is 0 Å². The number of nitro groups is 1. The molecule has 0 radical (unpaired) electrons. The molecule has 3 rings (SSSR count). The third-order valence-electron chi connectivity index (χ3n) is 3.94. The summed E-state index contributed by atoms with van der Waals surface area (Å²) in [4.78, 5) is 24.6. The Morgan fingerprint density at radius 3 is 2.17 bits per heavy atom. The molecule has 1 saturated heterocycles. The average Bonchev–Trinajstić information content (AvgIpc) is 3.10. The molecule has 1 heterocycles. The van der Waals surface area contributed by atoms with Gasteiger partial charge in [0.2, 0.25) is 0 Å². The quantitative estimate of drug-likeness (QED) is 0.693. The number of non-ortho nitro benzene ring substituents is 1. The van der Waals surface area contributed by atoms with Crippen molar-refractivity contribution < 1.29 is 9.72 Å². The van der Waals surface area contributed by atoms with Crippen molar-refractivity contribution in [1.29, 1.82) is 0 Å². The molecule has 2 aromatic rings. The SMILES string of the molecule is O=C(Nc1ccc(N2CCCC2)cc1)c1ccc([N+](=O)[O-])cc1. The Balaban J connectivity index is 1.66. The summed E-state index contributed by atoms with van der Waals surface area (Å²) in [5.41, 5.74) is 2.22. The first-order valence-electron chi connectivity index (χ1n) is 7.54. The molecular formula is C17H17N3O3. The van der Waals surface area contributed by atoms with E-state index in [0.29, 0.717) is 11.3 Å². The van der Waals surface area contributed by atoms with Crippen LogP contribution in [0.1, 0.15) is 23.2 Å². The highest BCUT2D eigenvalue weighted by Crippen LogP contribution is 2.22. The molecular weight excluding hydrogens is 294 g/mol. The summed E-state index contributed by atoms with van der Waals surface area (Å²) in [6.45, 7) is 2.16. The predicted octanol–water partition coefficient (Wildman–Crippen LogP) is 3.45. The molecule has 118 valence electrons. The minimum atomic E-state index is -0.487. The molecule has 0 aliphatic carbocycles. The molecule has 0 atom stereocenters. The van der Waals surface area contributed by atoms with E-state index in [1.165, 1.54) is 37.1 Å². The number of hydrogen-bond donors (Lipinski definition) is 1. The first kappa shape index (κ1) is 15.0. The second kappa shape index (κ2) is 6.48. The summed E-state index contributed by atoms with van der Waals surface area (Å²) in [5, 5.41) is 13.4. The minimum absolute atomic E-state index is 0.0310. The number of carbonyl (C=O) groups excluding carboxylic acids is 1. The summed E-state index contributed by atoms with van der Waals surface area (Å²) in [6.07, 6.45) is 2.44. The van der Waals surface area contributed by atoms with Gasteiger partial charge in [-0.25, -0.2) is 0 Å². The van der Waals surface area contributed by atoms with E-state index in [2.05, 4.69) is 10.2 Å². The largest absolute Gasteiger partial charge is 0.372 e. The van der Waals surface area contributed by atoms with Crippen molar-refractivity contribution in [2.24, 2.45) is 0 Å². The van der Waals surface area contributed by atoms with Crippen LogP contribution in [0.25, 0.3) is 0 Å². The van der Waals surface area contributed by atoms with E-state index < -0.39 is 4.92 Å². The van der Waals surface area contributed by atoms with Gasteiger partial charge in [0.25, 0.3) is 11.6 Å². The van der Waals surface area contributed by atoms with Crippen LogP contribution in [0, 0.1) is 10.1 Å². The zero-order chi connectivity index (χ0) is 16.2. The van der Waals surface area contributed by atoms with Gasteiger partial charge < -0.3 is 10.2 Å². The number of benzene rings is 2. The van der Waals surface area contributed by atoms with E-state index >= 15 is 0 Å². The number of anilines is 2. The van der Waals surface area contributed by atoms with E-state index in [0.717, 1.165) is 18.8 Å². The van der Waals surface area contributed by atoms with Crippen LogP contribution in [-0.2, 0) is 0 Å². The molecule has 1 amide bonds. The second-order valence-electron chi connectivity index (χ2n) is 5.50. The van der Waals surface area contributed by atoms with Gasteiger partial charge >= 0.3 is 0 Å². The number of nitro benzene ring substituents is 1. The lowest BCUT2D eigenvalue weighted by Crippen LogP contribution is -2.17. The Kier molecular flexibility index (Phi) is 4.23. The van der Waals surface area contributed by atoms with Crippen LogP contribution in [0.2, 0.25) is 0 Å². The first-order valence-corrected chi connectivity index (χ1v) is 7.54. The number of hydrogen-bond acceptors (Lipinski definition) is 4. The topological polar surface area (TPSA) is 75.5 Å². The van der Waals surface area contributed by atoms with E-state index in [1.807, 2.05) is 24.3 Å². The summed E-state index contributed by atoms with van der Waals surface area (Å²) in [6, 6.07) is 13.3. The number of nitrogens with one attached hydrogen (secondary N) is 1. The fraction of sp³-hybridized carbons (Fsp3) is 0.235. The molecule has 6 nitrogen and oxygen atoms in total. The highest BCUT2D eigenvalue weighted by atomic mass is 16.6. The molecule has 0 saturated carbocycles. The van der Waals surface area contributed by atoms with Gasteiger partial charge in [-0.15, -0.1) is 0 Å². The predicted molar refractivity (Wildman–Crippen MR) is 88.9 cm³/mol. The summed E-state index contributed by atoms with van der Waals surface area (Å²) in [5.74, 6) is -0.283. The Morgan fingerprint density at radius 1 is 1.00 bits per heavy atom. The van der Waals surface area contributed by atoms with Crippen molar-refractivity contribution in [2.75, 3.05) is 23.3 Å². The molecule has 1 aliphatic rings. The molecule has 0 unspecified atom stereocenters. The number of rotatable bonds is 4. The fourth-order valence-corrected chi connectivity index (χ4v) is 2.67. The third kappa shape index (κ3) is 3.48. The van der Waals surface area contributed by atoms with Crippen LogP contribution in [0.4, 0.5) is 17.1 Å². The van der Waals surface area contributed by atoms with Crippen LogP contribution in [0.5, 0.6) is 0 Å². The van der Waals surface area contributed by atoms with Crippen molar-refractivity contribution >= 4 is 23.0 Å². The van der Waals surface area contributed by atoms with Crippen molar-refractivity contribution in [1.82, 2.24) is 0 Å². The molecule has 23 heavy (non-hydrogen) atoms. The van der Waals surface area contributed by atoms with Crippen LogP contribution in [0.15, 0.2) is 48.5 Å². The van der Waals surface area contributed by atoms with Gasteiger partial charge in [-0.3, -0.25) is 14.9 Å². The zero-order valence-corrected chi connectivity index (χ0v) is 12.6. The molecule has 1 aliphatic heterocycles. The Bertz CT molecular complexity index is 705. The molecule has 1 fully saturated rings. The maximum Gasteiger partial charge on any atom is 0.269 e. The lowest BCUT2D eigenvalue weighted by Gasteiger charge is -2.17. The monoisotopic (exact) mass is 311 g/mol. The maximum absolute atomic E-state index is 12.1. The van der Waals surface area contributed by atoms with Gasteiger partial charge in [0, 0.05) is 42.2 Å². The van der Waals surface area contributed by atoms with Crippen LogP contribution in [-0.4, -0.2) is 23.9 Å². The average molecular weight is 311 g/mol. The molecule has 2 aromatic carbocycles. The molecule has 6 heteroatoms. The van der Waals surface area contributed by atoms with Gasteiger partial charge in [0.15, 0.2) is 0 Å². The molecule has 0 spiro atoms. The molecule has 0 aromatic heterocycles. The minimum Gasteiger partial charge on any atom is -0.372 e. The highest BCUT2D eigenvalue weighted by Gasteiger charge is 2.13. The smallest absolute Gasteiger partial charge is 0.269 e. The van der Waals surface area contributed by atoms with Gasteiger partial charge in [-0.2, -0.15) is 0 Å². The van der Waals surface area contributed by atoms with Gasteiger partial charge in [-0.05, 0) is 49.2 Å². The Labute approximate surface area is 133 Å². The maximum atomic E-state index is 12.1. The van der Waals surface area contributed by atoms with E-state index in [1.54, 1.807) is 0 Å². The van der Waals surface area contributed by atoms with Crippen molar-refractivity contribution in [3.63, 3.8) is 0 Å². The van der Waals surface area contributed by atoms with Crippen LogP contribution < -0.4 is 10.2 Å². The Morgan fingerprint density at radius 2 is 1.61 bits per heavy atom. The van der Waals surface area contributed by atoms with Crippen LogP contribution in [0.3, 0.4) is 0 Å². The molecule has 1 N–H and O–H groups in total. The zero-order valence-electron chi connectivity index (χ0n) is 12.6. The third-order valence-corrected chi connectivity index (χ3v) is 3.94. The number of carbonyl (C=O) groups is 1. The summed E-state index contributed by atoms with van der Waals surface area (Å²) in [7, 11) is 0. The van der Waals surface area contributed by atoms with Gasteiger partial charge in [-0.1, -0.05) is 0 Å². The van der Waals surface area contributed by atoms with Crippen LogP contribution >= 0.6 is 0 Å². The lowest BCUT2D eigenvalue weighted by atomic mass is 10.2. The second-order valence-corrected chi connectivity index (χ2v) is 5.50. The van der Waals surface area contributed by atoms with Crippen molar-refractivity contribution in [3.05, 3.63) is 64.2 Å². The highest BCUT2D eigenvalue weighted by molar-refractivity contribution is 6.04. The summed E-state index contributed by atoms with van der Waals surface area (Å²) >= 11 is 0. The standard InChI is InChI=1S/C17H17N3O3/c21-17(13-3-7-16(8-4-13)20(22)23)18-14-5-9-15(10-6-14)19-11-1-2-12-19/h3-10H,1-2,11-12H2,(H,18,21). The number of nitrogens with zero attached hydrogens (tertiary/aromatic N) is 2. The first-order chi connectivity index (χ1) is 11.1. The summed E-state index contributed by atoms with van der Waals surface area (Å²) < 4.78 is 0. The van der Waals surface area contributed by atoms with Crippen molar-refractivity contribution in [3.8, 4) is 0 Å². The number of amides is 1.